The topological polar surface area (TPSA) is 69.0 Å². The Morgan fingerprint density at radius 3 is 2.73 bits per heavy atom. The van der Waals surface area contributed by atoms with Crippen LogP contribution in [0, 0.1) is 13.8 Å². The summed E-state index contributed by atoms with van der Waals surface area (Å²) < 4.78 is 15.9. The molecule has 1 aromatic heterocycles. The van der Waals surface area contributed by atoms with E-state index in [1.807, 2.05) is 20.8 Å². The number of methoxy groups -OCH3 is 1. The van der Waals surface area contributed by atoms with Crippen LogP contribution in [0.25, 0.3) is 0 Å². The Balaban J connectivity index is 1.82. The van der Waals surface area contributed by atoms with E-state index >= 15 is 0 Å². The highest BCUT2D eigenvalue weighted by molar-refractivity contribution is 5.96. The van der Waals surface area contributed by atoms with Crippen LogP contribution in [0.1, 0.15) is 50.6 Å². The molecule has 1 aromatic carbocycles. The van der Waals surface area contributed by atoms with Gasteiger partial charge in [-0.15, -0.1) is 0 Å². The SMILES string of the molecule is COC(=O)c1coc(C(=O)N2C[C@@H](c3cc(C)ccc3C)OC[C@H]2C)c1. The highest BCUT2D eigenvalue weighted by Crippen LogP contribution is 2.29. The lowest BCUT2D eigenvalue weighted by Gasteiger charge is -2.38. The van der Waals surface area contributed by atoms with E-state index in [-0.39, 0.29) is 29.4 Å². The van der Waals surface area contributed by atoms with Crippen molar-refractivity contribution in [3.63, 3.8) is 0 Å². The predicted molar refractivity (Wildman–Crippen MR) is 95.2 cm³/mol. The summed E-state index contributed by atoms with van der Waals surface area (Å²) >= 11 is 0. The third-order valence-corrected chi connectivity index (χ3v) is 4.71. The van der Waals surface area contributed by atoms with Crippen LogP contribution in [-0.2, 0) is 9.47 Å². The summed E-state index contributed by atoms with van der Waals surface area (Å²) in [6.07, 6.45) is 1.05. The van der Waals surface area contributed by atoms with E-state index < -0.39 is 5.97 Å². The minimum Gasteiger partial charge on any atom is -0.465 e. The molecule has 138 valence electrons. The van der Waals surface area contributed by atoms with E-state index in [1.54, 1.807) is 4.90 Å². The Labute approximate surface area is 152 Å². The van der Waals surface area contributed by atoms with Crippen LogP contribution in [0.2, 0.25) is 0 Å². The molecule has 26 heavy (non-hydrogen) atoms. The minimum absolute atomic E-state index is 0.0875. The van der Waals surface area contributed by atoms with Crippen molar-refractivity contribution in [2.75, 3.05) is 20.3 Å². The maximum absolute atomic E-state index is 12.9. The number of morpholine rings is 1. The molecule has 0 bridgehead atoms. The van der Waals surface area contributed by atoms with Crippen LogP contribution in [-0.4, -0.2) is 43.1 Å². The van der Waals surface area contributed by atoms with Gasteiger partial charge in [0, 0.05) is 6.07 Å². The van der Waals surface area contributed by atoms with Gasteiger partial charge in [0.15, 0.2) is 5.76 Å². The van der Waals surface area contributed by atoms with Gasteiger partial charge in [-0.2, -0.15) is 0 Å². The molecule has 6 nitrogen and oxygen atoms in total. The molecule has 0 aliphatic carbocycles. The van der Waals surface area contributed by atoms with Gasteiger partial charge in [-0.3, -0.25) is 4.79 Å². The van der Waals surface area contributed by atoms with Gasteiger partial charge >= 0.3 is 5.97 Å². The summed E-state index contributed by atoms with van der Waals surface area (Å²) in [6, 6.07) is 7.55. The van der Waals surface area contributed by atoms with Crippen molar-refractivity contribution in [2.24, 2.45) is 0 Å². The summed E-state index contributed by atoms with van der Waals surface area (Å²) in [4.78, 5) is 26.2. The molecule has 3 rings (SSSR count). The number of furan rings is 1. The fourth-order valence-electron chi connectivity index (χ4n) is 3.15. The monoisotopic (exact) mass is 357 g/mol. The average Bonchev–Trinajstić information content (AvgIpc) is 3.13. The van der Waals surface area contributed by atoms with E-state index in [0.717, 1.165) is 16.7 Å². The first-order valence-corrected chi connectivity index (χ1v) is 8.57. The number of rotatable bonds is 3. The van der Waals surface area contributed by atoms with Gasteiger partial charge in [0.2, 0.25) is 0 Å². The average molecular weight is 357 g/mol. The number of carbonyl (C=O) groups is 2. The standard InChI is InChI=1S/C20H23NO5/c1-12-5-6-13(2)16(7-12)18-9-21(14(3)10-25-18)19(22)17-8-15(11-26-17)20(23)24-4/h5-8,11,14,18H,9-10H2,1-4H3/t14-,18+/m1/s1. The number of nitrogens with zero attached hydrogens (tertiary/aromatic N) is 1. The van der Waals surface area contributed by atoms with Crippen LogP contribution < -0.4 is 0 Å². The number of carbonyl (C=O) groups excluding carboxylic acids is 2. The molecule has 1 aliphatic heterocycles. The molecular formula is C20H23NO5. The molecule has 0 spiro atoms. The van der Waals surface area contributed by atoms with Crippen LogP contribution in [0.5, 0.6) is 0 Å². The molecule has 1 saturated heterocycles. The number of esters is 1. The second-order valence-corrected chi connectivity index (χ2v) is 6.68. The molecule has 2 atom stereocenters. The highest BCUT2D eigenvalue weighted by Gasteiger charge is 2.33. The molecule has 1 amide bonds. The lowest BCUT2D eigenvalue weighted by Crippen LogP contribution is -2.48. The molecule has 1 fully saturated rings. The van der Waals surface area contributed by atoms with Crippen LogP contribution in [0.4, 0.5) is 0 Å². The normalized spacial score (nSPS) is 20.1. The number of amides is 1. The fraction of sp³-hybridized carbons (Fsp3) is 0.400. The first-order valence-electron chi connectivity index (χ1n) is 8.57. The van der Waals surface area contributed by atoms with Gasteiger partial charge in [-0.25, -0.2) is 4.79 Å². The van der Waals surface area contributed by atoms with Crippen LogP contribution in [0.3, 0.4) is 0 Å². The first-order chi connectivity index (χ1) is 12.4. The molecule has 2 heterocycles. The number of hydrogen-bond acceptors (Lipinski definition) is 5. The lowest BCUT2D eigenvalue weighted by atomic mass is 9.98. The zero-order valence-electron chi connectivity index (χ0n) is 15.4. The fourth-order valence-corrected chi connectivity index (χ4v) is 3.15. The Morgan fingerprint density at radius 1 is 1.23 bits per heavy atom. The largest absolute Gasteiger partial charge is 0.465 e. The van der Waals surface area contributed by atoms with Crippen molar-refractivity contribution in [1.82, 2.24) is 4.90 Å². The Morgan fingerprint density at radius 2 is 2.00 bits per heavy atom. The second kappa shape index (κ2) is 7.33. The van der Waals surface area contributed by atoms with Crippen molar-refractivity contribution in [3.05, 3.63) is 58.5 Å². The van der Waals surface area contributed by atoms with Crippen molar-refractivity contribution in [2.45, 2.75) is 32.9 Å². The van der Waals surface area contributed by atoms with Gasteiger partial charge in [-0.05, 0) is 31.9 Å². The van der Waals surface area contributed by atoms with Crippen LogP contribution in [0.15, 0.2) is 34.9 Å². The summed E-state index contributed by atoms with van der Waals surface area (Å²) in [7, 11) is 1.29. The molecule has 2 aromatic rings. The summed E-state index contributed by atoms with van der Waals surface area (Å²) in [6.45, 7) is 6.88. The quantitative estimate of drug-likeness (QED) is 0.789. The molecule has 0 saturated carbocycles. The van der Waals surface area contributed by atoms with E-state index in [1.165, 1.54) is 19.4 Å². The van der Waals surface area contributed by atoms with E-state index in [4.69, 9.17) is 9.15 Å². The molecular weight excluding hydrogens is 334 g/mol. The van der Waals surface area contributed by atoms with Crippen molar-refractivity contribution >= 4 is 11.9 Å². The lowest BCUT2D eigenvalue weighted by molar-refractivity contribution is -0.0497. The second-order valence-electron chi connectivity index (χ2n) is 6.68. The number of hydrogen-bond donors (Lipinski definition) is 0. The zero-order valence-corrected chi connectivity index (χ0v) is 15.4. The summed E-state index contributed by atoms with van der Waals surface area (Å²) in [5.41, 5.74) is 3.60. The third-order valence-electron chi connectivity index (χ3n) is 4.71. The molecule has 6 heteroatoms. The van der Waals surface area contributed by atoms with Gasteiger partial charge < -0.3 is 18.8 Å². The number of ether oxygens (including phenoxy) is 2. The predicted octanol–water partition coefficient (Wildman–Crippen LogP) is 3.29. The molecule has 1 aliphatic rings. The van der Waals surface area contributed by atoms with E-state index in [9.17, 15) is 9.59 Å². The van der Waals surface area contributed by atoms with Crippen molar-refractivity contribution in [3.8, 4) is 0 Å². The molecule has 0 N–H and O–H groups in total. The van der Waals surface area contributed by atoms with Gasteiger partial charge in [-0.1, -0.05) is 23.8 Å². The zero-order chi connectivity index (χ0) is 18.8. The van der Waals surface area contributed by atoms with Gasteiger partial charge in [0.25, 0.3) is 5.91 Å². The van der Waals surface area contributed by atoms with E-state index in [0.29, 0.717) is 13.2 Å². The summed E-state index contributed by atoms with van der Waals surface area (Å²) in [5.74, 6) is -0.666. The summed E-state index contributed by atoms with van der Waals surface area (Å²) in [5, 5.41) is 0. The minimum atomic E-state index is -0.531. The smallest absolute Gasteiger partial charge is 0.341 e. The number of aryl methyl sites for hydroxylation is 2. The Hall–Kier alpha value is -2.60. The Bertz CT molecular complexity index is 825. The van der Waals surface area contributed by atoms with Crippen LogP contribution >= 0.6 is 0 Å². The third kappa shape index (κ3) is 3.51. The highest BCUT2D eigenvalue weighted by atomic mass is 16.5. The van der Waals surface area contributed by atoms with Gasteiger partial charge in [0.1, 0.15) is 12.4 Å². The maximum atomic E-state index is 12.9. The first kappa shape index (κ1) is 18.2. The van der Waals surface area contributed by atoms with Gasteiger partial charge in [0.05, 0.1) is 31.9 Å². The van der Waals surface area contributed by atoms with Crippen molar-refractivity contribution < 1.29 is 23.5 Å². The molecule has 0 radical (unpaired) electrons. The van der Waals surface area contributed by atoms with Crippen molar-refractivity contribution in [1.29, 1.82) is 0 Å². The maximum Gasteiger partial charge on any atom is 0.341 e. The Kier molecular flexibility index (Phi) is 5.13. The number of benzene rings is 1. The molecule has 0 unspecified atom stereocenters. The van der Waals surface area contributed by atoms with E-state index in [2.05, 4.69) is 22.9 Å².